The maximum atomic E-state index is 3.60. The molecule has 0 aromatic rings. The van der Waals surface area contributed by atoms with Gasteiger partial charge in [-0.25, -0.2) is 0 Å². The van der Waals surface area contributed by atoms with Crippen LogP contribution in [-0.4, -0.2) is 26.2 Å². The molecule has 0 radical (unpaired) electrons. The standard InChI is InChI=1S/C11H22N2/c1-8-3-10(8)5-12-4-9(2)11-6-13-7-11/h8-13H,3-7H2,1-2H3. The quantitative estimate of drug-likeness (QED) is 0.665. The minimum Gasteiger partial charge on any atom is -0.316 e. The van der Waals surface area contributed by atoms with Crippen LogP contribution in [0.1, 0.15) is 20.3 Å². The van der Waals surface area contributed by atoms with Crippen molar-refractivity contribution in [2.75, 3.05) is 26.2 Å². The minimum atomic E-state index is 0.857. The lowest BCUT2D eigenvalue weighted by Gasteiger charge is -2.32. The van der Waals surface area contributed by atoms with Crippen molar-refractivity contribution in [1.82, 2.24) is 10.6 Å². The Bertz CT molecular complexity index is 165. The van der Waals surface area contributed by atoms with Crippen molar-refractivity contribution in [3.8, 4) is 0 Å². The Morgan fingerprint density at radius 1 is 1.46 bits per heavy atom. The van der Waals surface area contributed by atoms with Crippen LogP contribution in [0, 0.1) is 23.7 Å². The zero-order valence-corrected chi connectivity index (χ0v) is 8.84. The summed E-state index contributed by atoms with van der Waals surface area (Å²) in [5, 5.41) is 6.93. The van der Waals surface area contributed by atoms with Gasteiger partial charge in [0.25, 0.3) is 0 Å². The summed E-state index contributed by atoms with van der Waals surface area (Å²) in [6.45, 7) is 9.67. The predicted molar refractivity (Wildman–Crippen MR) is 55.7 cm³/mol. The second kappa shape index (κ2) is 3.97. The van der Waals surface area contributed by atoms with E-state index in [1.165, 1.54) is 32.6 Å². The van der Waals surface area contributed by atoms with E-state index in [0.29, 0.717) is 0 Å². The lowest BCUT2D eigenvalue weighted by Crippen LogP contribution is -2.47. The molecule has 2 heteroatoms. The van der Waals surface area contributed by atoms with Gasteiger partial charge in [0, 0.05) is 0 Å². The third-order valence-corrected chi connectivity index (χ3v) is 3.77. The lowest BCUT2D eigenvalue weighted by atomic mass is 9.89. The Labute approximate surface area is 81.5 Å². The Morgan fingerprint density at radius 3 is 2.62 bits per heavy atom. The molecule has 2 nitrogen and oxygen atoms in total. The van der Waals surface area contributed by atoms with Gasteiger partial charge in [-0.05, 0) is 56.3 Å². The molecule has 3 atom stereocenters. The van der Waals surface area contributed by atoms with Crippen molar-refractivity contribution in [2.45, 2.75) is 20.3 Å². The van der Waals surface area contributed by atoms with Crippen molar-refractivity contribution in [3.63, 3.8) is 0 Å². The summed E-state index contributed by atoms with van der Waals surface area (Å²) < 4.78 is 0. The molecular weight excluding hydrogens is 160 g/mol. The largest absolute Gasteiger partial charge is 0.316 e. The molecule has 0 spiro atoms. The van der Waals surface area contributed by atoms with Crippen LogP contribution < -0.4 is 10.6 Å². The van der Waals surface area contributed by atoms with Crippen LogP contribution in [0.25, 0.3) is 0 Å². The second-order valence-corrected chi connectivity index (χ2v) is 5.03. The Kier molecular flexibility index (Phi) is 2.89. The smallest absolute Gasteiger partial charge is 0.000522 e. The number of nitrogens with one attached hydrogen (secondary N) is 2. The molecule has 1 heterocycles. The summed E-state index contributed by atoms with van der Waals surface area (Å²) in [4.78, 5) is 0. The van der Waals surface area contributed by atoms with E-state index in [2.05, 4.69) is 24.5 Å². The molecular formula is C11H22N2. The van der Waals surface area contributed by atoms with E-state index in [-0.39, 0.29) is 0 Å². The van der Waals surface area contributed by atoms with Gasteiger partial charge < -0.3 is 10.6 Å². The van der Waals surface area contributed by atoms with Gasteiger partial charge in [0.05, 0.1) is 0 Å². The molecule has 1 saturated carbocycles. The van der Waals surface area contributed by atoms with Gasteiger partial charge >= 0.3 is 0 Å². The topological polar surface area (TPSA) is 24.1 Å². The molecule has 2 N–H and O–H groups in total. The van der Waals surface area contributed by atoms with Crippen LogP contribution >= 0.6 is 0 Å². The fraction of sp³-hybridized carbons (Fsp3) is 1.00. The van der Waals surface area contributed by atoms with Crippen LogP contribution in [0.2, 0.25) is 0 Å². The van der Waals surface area contributed by atoms with Crippen molar-refractivity contribution in [2.24, 2.45) is 23.7 Å². The highest BCUT2D eigenvalue weighted by Gasteiger charge is 2.32. The third kappa shape index (κ3) is 2.44. The first-order chi connectivity index (χ1) is 6.27. The van der Waals surface area contributed by atoms with Gasteiger partial charge in [0.2, 0.25) is 0 Å². The second-order valence-electron chi connectivity index (χ2n) is 5.03. The molecule has 2 rings (SSSR count). The van der Waals surface area contributed by atoms with E-state index in [1.807, 2.05) is 0 Å². The van der Waals surface area contributed by atoms with Crippen molar-refractivity contribution in [3.05, 3.63) is 0 Å². The summed E-state index contributed by atoms with van der Waals surface area (Å²) in [5.74, 6) is 3.78. The third-order valence-electron chi connectivity index (χ3n) is 3.77. The van der Waals surface area contributed by atoms with Crippen molar-refractivity contribution in [1.29, 1.82) is 0 Å². The molecule has 0 aromatic carbocycles. The highest BCUT2D eigenvalue weighted by molar-refractivity contribution is 4.85. The zero-order chi connectivity index (χ0) is 9.26. The Hall–Kier alpha value is -0.0800. The number of rotatable bonds is 5. The normalized spacial score (nSPS) is 35.5. The van der Waals surface area contributed by atoms with Crippen LogP contribution in [0.4, 0.5) is 0 Å². The first kappa shape index (κ1) is 9.47. The van der Waals surface area contributed by atoms with Crippen LogP contribution in [0.15, 0.2) is 0 Å². The molecule has 0 amide bonds. The van der Waals surface area contributed by atoms with Crippen molar-refractivity contribution < 1.29 is 0 Å². The number of hydrogen-bond acceptors (Lipinski definition) is 2. The maximum absolute atomic E-state index is 3.60. The summed E-state index contributed by atoms with van der Waals surface area (Å²) in [6.07, 6.45) is 1.45. The molecule has 76 valence electrons. The molecule has 1 saturated heterocycles. The van der Waals surface area contributed by atoms with Gasteiger partial charge in [-0.3, -0.25) is 0 Å². The highest BCUT2D eigenvalue weighted by atomic mass is 15.0. The fourth-order valence-corrected chi connectivity index (χ4v) is 2.06. The fourth-order valence-electron chi connectivity index (χ4n) is 2.06. The summed E-state index contributed by atoms with van der Waals surface area (Å²) in [7, 11) is 0. The minimum absolute atomic E-state index is 0.857. The molecule has 13 heavy (non-hydrogen) atoms. The van der Waals surface area contributed by atoms with Gasteiger partial charge in [-0.1, -0.05) is 13.8 Å². The van der Waals surface area contributed by atoms with Crippen LogP contribution in [-0.2, 0) is 0 Å². The van der Waals surface area contributed by atoms with Gasteiger partial charge in [0.1, 0.15) is 0 Å². The SMILES string of the molecule is CC(CNCC1CC1C)C1CNC1. The Morgan fingerprint density at radius 2 is 2.15 bits per heavy atom. The first-order valence-electron chi connectivity index (χ1n) is 5.69. The zero-order valence-electron chi connectivity index (χ0n) is 8.84. The molecule has 1 aliphatic carbocycles. The van der Waals surface area contributed by atoms with E-state index < -0.39 is 0 Å². The van der Waals surface area contributed by atoms with Gasteiger partial charge in [-0.15, -0.1) is 0 Å². The maximum Gasteiger partial charge on any atom is -0.000522 e. The molecule has 1 aliphatic heterocycles. The molecule has 2 aliphatic rings. The van der Waals surface area contributed by atoms with E-state index in [9.17, 15) is 0 Å². The van der Waals surface area contributed by atoms with E-state index in [0.717, 1.165) is 23.7 Å². The monoisotopic (exact) mass is 182 g/mol. The number of hydrogen-bond donors (Lipinski definition) is 2. The Balaban J connectivity index is 1.51. The van der Waals surface area contributed by atoms with Gasteiger partial charge in [0.15, 0.2) is 0 Å². The summed E-state index contributed by atoms with van der Waals surface area (Å²) >= 11 is 0. The summed E-state index contributed by atoms with van der Waals surface area (Å²) in [6, 6.07) is 0. The lowest BCUT2D eigenvalue weighted by molar-refractivity contribution is 0.242. The van der Waals surface area contributed by atoms with Gasteiger partial charge in [-0.2, -0.15) is 0 Å². The predicted octanol–water partition coefficient (Wildman–Crippen LogP) is 1.09. The van der Waals surface area contributed by atoms with E-state index in [4.69, 9.17) is 0 Å². The average molecular weight is 182 g/mol. The van der Waals surface area contributed by atoms with Crippen LogP contribution in [0.3, 0.4) is 0 Å². The summed E-state index contributed by atoms with van der Waals surface area (Å²) in [5.41, 5.74) is 0. The average Bonchev–Trinajstić information content (AvgIpc) is 2.62. The van der Waals surface area contributed by atoms with Crippen LogP contribution in [0.5, 0.6) is 0 Å². The molecule has 0 aromatic heterocycles. The molecule has 2 fully saturated rings. The van der Waals surface area contributed by atoms with E-state index >= 15 is 0 Å². The molecule has 0 bridgehead atoms. The van der Waals surface area contributed by atoms with E-state index in [1.54, 1.807) is 0 Å². The highest BCUT2D eigenvalue weighted by Crippen LogP contribution is 2.36. The first-order valence-corrected chi connectivity index (χ1v) is 5.69. The van der Waals surface area contributed by atoms with Crippen molar-refractivity contribution >= 4 is 0 Å². The molecule has 3 unspecified atom stereocenters.